The zero-order chi connectivity index (χ0) is 17.7. The quantitative estimate of drug-likeness (QED) is 0.564. The summed E-state index contributed by atoms with van der Waals surface area (Å²) in [6.45, 7) is 0. The van der Waals surface area contributed by atoms with Gasteiger partial charge in [0.05, 0.1) is 23.8 Å². The van der Waals surface area contributed by atoms with Crippen LogP contribution in [0.1, 0.15) is 0 Å². The van der Waals surface area contributed by atoms with Crippen molar-refractivity contribution in [2.75, 3.05) is 7.11 Å². The molecule has 0 unspecified atom stereocenters. The zero-order valence-electron chi connectivity index (χ0n) is 14.2. The molecule has 2 aromatic carbocycles. The van der Waals surface area contributed by atoms with Crippen LogP contribution >= 0.6 is 0 Å². The molecule has 6 nitrogen and oxygen atoms in total. The lowest BCUT2D eigenvalue weighted by atomic mass is 10.2. The van der Waals surface area contributed by atoms with E-state index in [1.165, 1.54) is 9.13 Å². The third-order valence-corrected chi connectivity index (χ3v) is 4.61. The average molecular weight is 335 g/mol. The summed E-state index contributed by atoms with van der Waals surface area (Å²) in [5.74, 6) is 0.680. The Morgan fingerprint density at radius 1 is 0.880 bits per heavy atom. The molecule has 4 rings (SSSR count). The summed E-state index contributed by atoms with van der Waals surface area (Å²) in [6.07, 6.45) is 0. The van der Waals surface area contributed by atoms with Crippen molar-refractivity contribution < 1.29 is 4.74 Å². The number of hydrogen-bond acceptors (Lipinski definition) is 3. The smallest absolute Gasteiger partial charge is 0.335 e. The van der Waals surface area contributed by atoms with E-state index in [-0.39, 0.29) is 11.2 Å². The van der Waals surface area contributed by atoms with Crippen molar-refractivity contribution in [2.24, 2.45) is 14.1 Å². The van der Waals surface area contributed by atoms with Gasteiger partial charge in [-0.05, 0) is 30.3 Å². The van der Waals surface area contributed by atoms with Crippen LogP contribution in [-0.4, -0.2) is 20.8 Å². The fourth-order valence-corrected chi connectivity index (χ4v) is 3.36. The number of methoxy groups -OCH3 is 1. The molecule has 0 N–H and O–H groups in total. The van der Waals surface area contributed by atoms with E-state index in [0.29, 0.717) is 22.5 Å². The first-order chi connectivity index (χ1) is 12.0. The molecule has 2 heterocycles. The molecule has 0 atom stereocenters. The predicted molar refractivity (Wildman–Crippen MR) is 97.8 cm³/mol. The Labute approximate surface area is 143 Å². The van der Waals surface area contributed by atoms with Crippen LogP contribution in [0.5, 0.6) is 5.75 Å². The maximum absolute atomic E-state index is 13.1. The van der Waals surface area contributed by atoms with Crippen molar-refractivity contribution in [1.82, 2.24) is 13.7 Å². The third kappa shape index (κ3) is 2.04. The fraction of sp³-hybridized carbons (Fsp3) is 0.158. The van der Waals surface area contributed by atoms with Crippen molar-refractivity contribution in [2.45, 2.75) is 0 Å². The van der Waals surface area contributed by atoms with E-state index >= 15 is 0 Å². The lowest BCUT2D eigenvalue weighted by Crippen LogP contribution is -2.38. The van der Waals surface area contributed by atoms with E-state index in [1.54, 1.807) is 38.4 Å². The van der Waals surface area contributed by atoms with Crippen LogP contribution in [0.2, 0.25) is 0 Å². The van der Waals surface area contributed by atoms with Gasteiger partial charge < -0.3 is 9.30 Å². The monoisotopic (exact) mass is 335 g/mol. The summed E-state index contributed by atoms with van der Waals surface area (Å²) in [4.78, 5) is 26.0. The second-order valence-corrected chi connectivity index (χ2v) is 5.96. The zero-order valence-corrected chi connectivity index (χ0v) is 14.2. The molecular weight excluding hydrogens is 318 g/mol. The van der Waals surface area contributed by atoms with Crippen LogP contribution in [-0.2, 0) is 14.1 Å². The standard InChI is InChI=1S/C19H17N3O3/c1-20-15-10-9-13(25-3)11-14(15)16-17(20)18(23)22(19(24)21(16)2)12-7-5-4-6-8-12/h4-11H,1-3H3. The van der Waals surface area contributed by atoms with Crippen LogP contribution in [0, 0.1) is 0 Å². The molecule has 0 saturated heterocycles. The minimum absolute atomic E-state index is 0.332. The van der Waals surface area contributed by atoms with Crippen LogP contribution in [0.4, 0.5) is 0 Å². The fourth-order valence-electron chi connectivity index (χ4n) is 3.36. The van der Waals surface area contributed by atoms with E-state index in [1.807, 2.05) is 35.9 Å². The van der Waals surface area contributed by atoms with Crippen molar-refractivity contribution in [3.63, 3.8) is 0 Å². The summed E-state index contributed by atoms with van der Waals surface area (Å²) < 4.78 is 9.84. The van der Waals surface area contributed by atoms with Crippen LogP contribution in [0.3, 0.4) is 0 Å². The van der Waals surface area contributed by atoms with Gasteiger partial charge >= 0.3 is 5.69 Å². The second kappa shape index (κ2) is 5.37. The molecule has 126 valence electrons. The Balaban J connectivity index is 2.25. The highest BCUT2D eigenvalue weighted by atomic mass is 16.5. The van der Waals surface area contributed by atoms with Crippen molar-refractivity contribution in [3.8, 4) is 11.4 Å². The maximum Gasteiger partial charge on any atom is 0.335 e. The Hall–Kier alpha value is -3.28. The van der Waals surface area contributed by atoms with Gasteiger partial charge in [0.25, 0.3) is 5.56 Å². The van der Waals surface area contributed by atoms with Gasteiger partial charge in [0.15, 0.2) is 0 Å². The first-order valence-corrected chi connectivity index (χ1v) is 7.88. The minimum Gasteiger partial charge on any atom is -0.497 e. The molecule has 4 aromatic rings. The highest BCUT2D eigenvalue weighted by molar-refractivity contribution is 6.06. The van der Waals surface area contributed by atoms with E-state index in [0.717, 1.165) is 10.9 Å². The molecule has 0 radical (unpaired) electrons. The second-order valence-electron chi connectivity index (χ2n) is 5.96. The van der Waals surface area contributed by atoms with Gasteiger partial charge in [-0.25, -0.2) is 9.36 Å². The third-order valence-electron chi connectivity index (χ3n) is 4.61. The number of aromatic nitrogens is 3. The van der Waals surface area contributed by atoms with Gasteiger partial charge in [-0.2, -0.15) is 0 Å². The van der Waals surface area contributed by atoms with Gasteiger partial charge in [0.1, 0.15) is 11.3 Å². The van der Waals surface area contributed by atoms with Crippen molar-refractivity contribution in [1.29, 1.82) is 0 Å². The lowest BCUT2D eigenvalue weighted by molar-refractivity contribution is 0.415. The first kappa shape index (κ1) is 15.3. The normalized spacial score (nSPS) is 11.3. The predicted octanol–water partition coefficient (Wildman–Crippen LogP) is 2.19. The number of ether oxygens (including phenoxy) is 1. The largest absolute Gasteiger partial charge is 0.497 e. The summed E-state index contributed by atoms with van der Waals surface area (Å²) in [5, 5.41) is 0.814. The number of rotatable bonds is 2. The molecule has 2 aromatic heterocycles. The highest BCUT2D eigenvalue weighted by Gasteiger charge is 2.19. The van der Waals surface area contributed by atoms with Crippen LogP contribution < -0.4 is 16.0 Å². The highest BCUT2D eigenvalue weighted by Crippen LogP contribution is 2.28. The Morgan fingerprint density at radius 3 is 2.28 bits per heavy atom. The lowest BCUT2D eigenvalue weighted by Gasteiger charge is -2.09. The number of fused-ring (bicyclic) bond motifs is 3. The topological polar surface area (TPSA) is 58.2 Å². The average Bonchev–Trinajstić information content (AvgIpc) is 2.93. The molecule has 0 fully saturated rings. The summed E-state index contributed by atoms with van der Waals surface area (Å²) in [7, 11) is 5.11. The van der Waals surface area contributed by atoms with Gasteiger partial charge in [-0.1, -0.05) is 18.2 Å². The Bertz CT molecular complexity index is 1230. The van der Waals surface area contributed by atoms with E-state index in [2.05, 4.69) is 0 Å². The molecule has 0 amide bonds. The molecule has 6 heteroatoms. The van der Waals surface area contributed by atoms with Gasteiger partial charge in [-0.3, -0.25) is 9.36 Å². The van der Waals surface area contributed by atoms with Crippen molar-refractivity contribution >= 4 is 21.9 Å². The Morgan fingerprint density at radius 2 is 1.60 bits per heavy atom. The van der Waals surface area contributed by atoms with E-state index in [4.69, 9.17) is 4.74 Å². The molecular formula is C19H17N3O3. The molecule has 0 aliphatic heterocycles. The van der Waals surface area contributed by atoms with Crippen LogP contribution in [0.25, 0.3) is 27.6 Å². The molecule has 0 spiro atoms. The number of hydrogen-bond donors (Lipinski definition) is 0. The molecule has 25 heavy (non-hydrogen) atoms. The SMILES string of the molecule is COc1ccc2c(c1)c1c(c(=O)n(-c3ccccc3)c(=O)n1C)n2C. The van der Waals surface area contributed by atoms with Crippen molar-refractivity contribution in [3.05, 3.63) is 69.4 Å². The van der Waals surface area contributed by atoms with Gasteiger partial charge in [-0.15, -0.1) is 0 Å². The summed E-state index contributed by atoms with van der Waals surface area (Å²) >= 11 is 0. The summed E-state index contributed by atoms with van der Waals surface area (Å²) in [5.41, 5.74) is 1.81. The summed E-state index contributed by atoms with van der Waals surface area (Å²) in [6, 6.07) is 14.5. The molecule has 0 bridgehead atoms. The first-order valence-electron chi connectivity index (χ1n) is 7.88. The van der Waals surface area contributed by atoms with E-state index < -0.39 is 0 Å². The van der Waals surface area contributed by atoms with Crippen LogP contribution in [0.15, 0.2) is 58.1 Å². The number of benzene rings is 2. The number of para-hydroxylation sites is 1. The van der Waals surface area contributed by atoms with E-state index in [9.17, 15) is 9.59 Å². The molecule has 0 aliphatic rings. The Kier molecular flexibility index (Phi) is 3.28. The minimum atomic E-state index is -0.376. The number of aryl methyl sites for hydroxylation is 2. The molecule has 0 aliphatic carbocycles. The maximum atomic E-state index is 13.1. The number of nitrogens with zero attached hydrogens (tertiary/aromatic N) is 3. The molecule has 0 saturated carbocycles. The van der Waals surface area contributed by atoms with Gasteiger partial charge in [0.2, 0.25) is 0 Å². The van der Waals surface area contributed by atoms with Gasteiger partial charge in [0, 0.05) is 19.5 Å².